The number of rotatable bonds is 2. The quantitative estimate of drug-likeness (QED) is 0.714. The van der Waals surface area contributed by atoms with Gasteiger partial charge in [-0.15, -0.1) is 0 Å². The molecule has 1 saturated carbocycles. The van der Waals surface area contributed by atoms with E-state index in [9.17, 15) is 14.7 Å². The Bertz CT molecular complexity index is 865. The number of anilines is 1. The van der Waals surface area contributed by atoms with E-state index in [1.54, 1.807) is 0 Å². The summed E-state index contributed by atoms with van der Waals surface area (Å²) >= 11 is 6.01. The fourth-order valence-electron chi connectivity index (χ4n) is 6.25. The number of aliphatic hydroxyl groups excluding tert-OH is 1. The molecule has 3 saturated heterocycles. The molecule has 0 bridgehead atoms. The second-order valence-electron chi connectivity index (χ2n) is 10.2. The molecule has 0 aromatic heterocycles. The third kappa shape index (κ3) is 4.54. The van der Waals surface area contributed by atoms with Crippen molar-refractivity contribution in [1.29, 1.82) is 0 Å². The summed E-state index contributed by atoms with van der Waals surface area (Å²) < 4.78 is 0. The number of likely N-dealkylation sites (tertiary alicyclic amines) is 2. The minimum absolute atomic E-state index is 0.0804. The summed E-state index contributed by atoms with van der Waals surface area (Å²) in [5, 5.41) is 10.6. The van der Waals surface area contributed by atoms with Gasteiger partial charge in [-0.1, -0.05) is 11.6 Å². The Kier molecular flexibility index (Phi) is 6.45. The van der Waals surface area contributed by atoms with Gasteiger partial charge in [-0.25, -0.2) is 4.79 Å². The molecule has 8 heteroatoms. The molecule has 4 fully saturated rings. The molecule has 1 aliphatic carbocycles. The van der Waals surface area contributed by atoms with Crippen LogP contribution in [0.5, 0.6) is 0 Å². The average molecular weight is 475 g/mol. The number of hydrogen-bond donors (Lipinski definition) is 1. The lowest BCUT2D eigenvalue weighted by Gasteiger charge is -2.43. The first kappa shape index (κ1) is 22.8. The van der Waals surface area contributed by atoms with Crippen LogP contribution in [0.2, 0.25) is 5.02 Å². The number of piperazine rings is 1. The van der Waals surface area contributed by atoms with Gasteiger partial charge in [0.15, 0.2) is 0 Å². The Morgan fingerprint density at radius 2 is 1.61 bits per heavy atom. The molecule has 5 rings (SSSR count). The fraction of sp³-hybridized carbons (Fsp3) is 0.680. The summed E-state index contributed by atoms with van der Waals surface area (Å²) in [7, 11) is 0. The van der Waals surface area contributed by atoms with Crippen LogP contribution in [0, 0.1) is 5.41 Å². The van der Waals surface area contributed by atoms with Gasteiger partial charge in [-0.3, -0.25) is 4.79 Å². The van der Waals surface area contributed by atoms with Crippen molar-refractivity contribution in [3.8, 4) is 0 Å². The van der Waals surface area contributed by atoms with Gasteiger partial charge in [0, 0.05) is 62.6 Å². The Morgan fingerprint density at radius 1 is 0.909 bits per heavy atom. The van der Waals surface area contributed by atoms with Crippen molar-refractivity contribution in [3.05, 3.63) is 29.3 Å². The molecule has 1 spiro atoms. The van der Waals surface area contributed by atoms with Crippen molar-refractivity contribution in [2.24, 2.45) is 5.41 Å². The number of hydrogen-bond acceptors (Lipinski definition) is 4. The second kappa shape index (κ2) is 9.34. The number of urea groups is 1. The fourth-order valence-corrected chi connectivity index (χ4v) is 6.37. The number of benzene rings is 1. The van der Waals surface area contributed by atoms with E-state index in [-0.39, 0.29) is 24.1 Å². The first-order valence-electron chi connectivity index (χ1n) is 12.5. The first-order chi connectivity index (χ1) is 15.9. The van der Waals surface area contributed by atoms with E-state index in [4.69, 9.17) is 11.6 Å². The highest BCUT2D eigenvalue weighted by atomic mass is 35.5. The molecular formula is C25H35ClN4O3. The summed E-state index contributed by atoms with van der Waals surface area (Å²) in [4.78, 5) is 35.1. The number of aliphatic hydroxyl groups is 1. The molecule has 180 valence electrons. The van der Waals surface area contributed by atoms with Crippen molar-refractivity contribution in [2.45, 2.75) is 57.1 Å². The molecule has 1 aromatic rings. The SMILES string of the molecule is O=C(N1CCN(c2ccc(Cl)cc2)CC1)N1CCC[C@@]2(CCN(C3CCC(O)CC3)C2=O)C1. The molecule has 7 nitrogen and oxygen atoms in total. The summed E-state index contributed by atoms with van der Waals surface area (Å²) in [5.74, 6) is 0.244. The smallest absolute Gasteiger partial charge is 0.320 e. The lowest BCUT2D eigenvalue weighted by atomic mass is 9.78. The third-order valence-corrected chi connectivity index (χ3v) is 8.49. The molecule has 0 radical (unpaired) electrons. The van der Waals surface area contributed by atoms with E-state index < -0.39 is 5.41 Å². The van der Waals surface area contributed by atoms with Crippen molar-refractivity contribution >= 4 is 29.2 Å². The van der Waals surface area contributed by atoms with Crippen LogP contribution < -0.4 is 4.90 Å². The van der Waals surface area contributed by atoms with Gasteiger partial charge < -0.3 is 24.7 Å². The molecule has 1 N–H and O–H groups in total. The third-order valence-electron chi connectivity index (χ3n) is 8.24. The van der Waals surface area contributed by atoms with Crippen molar-refractivity contribution < 1.29 is 14.7 Å². The number of nitrogens with zero attached hydrogens (tertiary/aromatic N) is 4. The number of carbonyl (C=O) groups is 2. The second-order valence-corrected chi connectivity index (χ2v) is 10.7. The lowest BCUT2D eigenvalue weighted by Crippen LogP contribution is -2.57. The number of carbonyl (C=O) groups excluding carboxylic acids is 2. The molecule has 3 heterocycles. The van der Waals surface area contributed by atoms with Crippen molar-refractivity contribution in [2.75, 3.05) is 50.7 Å². The van der Waals surface area contributed by atoms with E-state index in [0.29, 0.717) is 19.6 Å². The van der Waals surface area contributed by atoms with Gasteiger partial charge in [0.25, 0.3) is 0 Å². The zero-order chi connectivity index (χ0) is 23.0. The van der Waals surface area contributed by atoms with Gasteiger partial charge in [0.05, 0.1) is 11.5 Å². The van der Waals surface area contributed by atoms with Crippen LogP contribution in [-0.4, -0.2) is 89.7 Å². The molecular weight excluding hydrogens is 440 g/mol. The first-order valence-corrected chi connectivity index (χ1v) is 12.9. The maximum Gasteiger partial charge on any atom is 0.320 e. The van der Waals surface area contributed by atoms with E-state index in [0.717, 1.165) is 81.8 Å². The normalized spacial score (nSPS) is 30.9. The zero-order valence-electron chi connectivity index (χ0n) is 19.3. The predicted molar refractivity (Wildman–Crippen MR) is 128 cm³/mol. The van der Waals surface area contributed by atoms with Crippen LogP contribution in [0.15, 0.2) is 24.3 Å². The summed E-state index contributed by atoms with van der Waals surface area (Å²) in [6.45, 7) is 5.06. The Hall–Kier alpha value is -1.99. The molecule has 3 amide bonds. The molecule has 3 aliphatic heterocycles. The molecule has 0 unspecified atom stereocenters. The highest BCUT2D eigenvalue weighted by Crippen LogP contribution is 2.42. The average Bonchev–Trinajstić information content (AvgIpc) is 3.15. The topological polar surface area (TPSA) is 67.3 Å². The number of halogens is 1. The van der Waals surface area contributed by atoms with Gasteiger partial charge in [0.2, 0.25) is 5.91 Å². The van der Waals surface area contributed by atoms with E-state index in [1.807, 2.05) is 34.1 Å². The van der Waals surface area contributed by atoms with Crippen LogP contribution >= 0.6 is 11.6 Å². The highest BCUT2D eigenvalue weighted by Gasteiger charge is 2.51. The Morgan fingerprint density at radius 3 is 2.30 bits per heavy atom. The van der Waals surface area contributed by atoms with Crippen LogP contribution in [0.25, 0.3) is 0 Å². The molecule has 4 aliphatic rings. The van der Waals surface area contributed by atoms with Gasteiger partial charge in [-0.2, -0.15) is 0 Å². The van der Waals surface area contributed by atoms with Crippen molar-refractivity contribution in [1.82, 2.24) is 14.7 Å². The van der Waals surface area contributed by atoms with Crippen LogP contribution in [-0.2, 0) is 4.79 Å². The molecule has 1 aromatic carbocycles. The Labute approximate surface area is 201 Å². The summed E-state index contributed by atoms with van der Waals surface area (Å²) in [6, 6.07) is 8.19. The van der Waals surface area contributed by atoms with Gasteiger partial charge in [-0.05, 0) is 69.2 Å². The zero-order valence-corrected chi connectivity index (χ0v) is 20.1. The number of piperidine rings is 1. The van der Waals surface area contributed by atoms with E-state index in [1.165, 1.54) is 0 Å². The van der Waals surface area contributed by atoms with Crippen molar-refractivity contribution in [3.63, 3.8) is 0 Å². The van der Waals surface area contributed by atoms with Crippen LogP contribution in [0.3, 0.4) is 0 Å². The minimum atomic E-state index is -0.408. The van der Waals surface area contributed by atoms with E-state index in [2.05, 4.69) is 9.80 Å². The van der Waals surface area contributed by atoms with Gasteiger partial charge >= 0.3 is 6.03 Å². The summed E-state index contributed by atoms with van der Waals surface area (Å²) in [6.07, 6.45) is 5.76. The molecule has 33 heavy (non-hydrogen) atoms. The maximum atomic E-state index is 13.5. The largest absolute Gasteiger partial charge is 0.393 e. The minimum Gasteiger partial charge on any atom is -0.393 e. The van der Waals surface area contributed by atoms with Crippen LogP contribution in [0.4, 0.5) is 10.5 Å². The van der Waals surface area contributed by atoms with Crippen LogP contribution in [0.1, 0.15) is 44.9 Å². The maximum absolute atomic E-state index is 13.5. The summed E-state index contributed by atoms with van der Waals surface area (Å²) in [5.41, 5.74) is 0.727. The highest BCUT2D eigenvalue weighted by molar-refractivity contribution is 6.30. The molecule has 1 atom stereocenters. The number of amides is 3. The standard InChI is InChI=1S/C25H35ClN4O3/c26-19-2-4-20(5-3-19)27-14-16-28(17-15-27)24(33)29-12-1-10-25(18-29)11-13-30(23(25)32)21-6-8-22(31)9-7-21/h2-5,21-22,31H,1,6-18H2/t21?,22?,25-/m1/s1. The lowest BCUT2D eigenvalue weighted by molar-refractivity contribution is -0.141. The van der Waals surface area contributed by atoms with Gasteiger partial charge in [0.1, 0.15) is 0 Å². The monoisotopic (exact) mass is 474 g/mol. The Balaban J connectivity index is 1.18. The predicted octanol–water partition coefficient (Wildman–Crippen LogP) is 3.20. The van der Waals surface area contributed by atoms with E-state index >= 15 is 0 Å².